The van der Waals surface area contributed by atoms with Crippen LogP contribution in [0.3, 0.4) is 0 Å². The largest absolute Gasteiger partial charge is 0.381 e. The molecule has 0 saturated carbocycles. The molecule has 0 spiro atoms. The fourth-order valence-corrected chi connectivity index (χ4v) is 2.14. The molecule has 102 valence electrons. The molecule has 0 bridgehead atoms. The molecule has 4 heteroatoms. The van der Waals surface area contributed by atoms with Gasteiger partial charge in [0.15, 0.2) is 5.78 Å². The molecule has 0 fully saturated rings. The average molecular weight is 262 g/mol. The molecule has 1 unspecified atom stereocenters. The van der Waals surface area contributed by atoms with Gasteiger partial charge in [0.1, 0.15) is 5.83 Å². The maximum atomic E-state index is 14.1. The van der Waals surface area contributed by atoms with Crippen molar-refractivity contribution < 1.29 is 9.18 Å². The molecule has 0 amide bonds. The van der Waals surface area contributed by atoms with E-state index in [0.717, 1.165) is 0 Å². The highest BCUT2D eigenvalue weighted by atomic mass is 19.1. The summed E-state index contributed by atoms with van der Waals surface area (Å²) in [5.41, 5.74) is 1.33. The zero-order valence-corrected chi connectivity index (χ0v) is 11.7. The Kier molecular flexibility index (Phi) is 3.43. The van der Waals surface area contributed by atoms with Crippen LogP contribution in [0.1, 0.15) is 34.1 Å². The van der Waals surface area contributed by atoms with E-state index in [4.69, 9.17) is 0 Å². The second kappa shape index (κ2) is 4.76. The molecule has 2 aliphatic rings. The third-order valence-electron chi connectivity index (χ3n) is 2.93. The molecule has 1 aliphatic heterocycles. The number of hydrogen-bond donors (Lipinski definition) is 1. The van der Waals surface area contributed by atoms with E-state index in [1.807, 2.05) is 27.7 Å². The summed E-state index contributed by atoms with van der Waals surface area (Å²) in [7, 11) is 0. The summed E-state index contributed by atoms with van der Waals surface area (Å²) in [6, 6.07) is 0. The maximum Gasteiger partial charge on any atom is 0.170 e. The number of halogens is 1. The van der Waals surface area contributed by atoms with Gasteiger partial charge in [-0.15, -0.1) is 0 Å². The number of nitrogens with one attached hydrogen (secondary N) is 1. The number of rotatable bonds is 2. The third-order valence-corrected chi connectivity index (χ3v) is 2.93. The first-order chi connectivity index (χ1) is 8.80. The highest BCUT2D eigenvalue weighted by Crippen LogP contribution is 2.28. The second-order valence-electron chi connectivity index (χ2n) is 5.86. The monoisotopic (exact) mass is 262 g/mol. The van der Waals surface area contributed by atoms with E-state index in [9.17, 15) is 9.18 Å². The summed E-state index contributed by atoms with van der Waals surface area (Å²) in [5, 5.41) is 3.18. The number of aliphatic imine (C=N–C) groups is 1. The van der Waals surface area contributed by atoms with Crippen LogP contribution >= 0.6 is 0 Å². The summed E-state index contributed by atoms with van der Waals surface area (Å²) in [6.07, 6.45) is 5.30. The molecule has 2 rings (SSSR count). The lowest BCUT2D eigenvalue weighted by atomic mass is 9.88. The van der Waals surface area contributed by atoms with E-state index in [0.29, 0.717) is 17.8 Å². The van der Waals surface area contributed by atoms with Gasteiger partial charge in [-0.25, -0.2) is 4.39 Å². The zero-order valence-electron chi connectivity index (χ0n) is 11.7. The van der Waals surface area contributed by atoms with Crippen LogP contribution in [0.2, 0.25) is 0 Å². The van der Waals surface area contributed by atoms with Crippen LogP contribution in [-0.2, 0) is 4.79 Å². The SMILES string of the molecule is CCC1=CC(=O)C2C=C(NC(C)(C)C)C=C(F)C2=N1. The van der Waals surface area contributed by atoms with Crippen LogP contribution in [0.25, 0.3) is 0 Å². The van der Waals surface area contributed by atoms with Gasteiger partial charge in [0.25, 0.3) is 0 Å². The van der Waals surface area contributed by atoms with Crippen LogP contribution in [0.4, 0.5) is 4.39 Å². The average Bonchev–Trinajstić information content (AvgIpc) is 2.28. The highest BCUT2D eigenvalue weighted by molar-refractivity contribution is 6.19. The summed E-state index contributed by atoms with van der Waals surface area (Å²) in [6.45, 7) is 7.86. The number of ketones is 1. The Morgan fingerprint density at radius 3 is 2.63 bits per heavy atom. The van der Waals surface area contributed by atoms with Crippen LogP contribution in [0.15, 0.2) is 40.4 Å². The predicted molar refractivity (Wildman–Crippen MR) is 74.5 cm³/mol. The standard InChI is InChI=1S/C15H19FN2O/c1-5-9-8-13(19)11-6-10(18-15(2,3)4)7-12(16)14(11)17-9/h6-8,11,18H,5H2,1-4H3. The number of carbonyl (C=O) groups excluding carboxylic acids is 1. The van der Waals surface area contributed by atoms with Gasteiger partial charge in [-0.3, -0.25) is 9.79 Å². The van der Waals surface area contributed by atoms with E-state index in [-0.39, 0.29) is 17.0 Å². The number of hydrogen-bond acceptors (Lipinski definition) is 3. The van der Waals surface area contributed by atoms with E-state index >= 15 is 0 Å². The first kappa shape index (κ1) is 13.7. The van der Waals surface area contributed by atoms with Crippen molar-refractivity contribution in [3.8, 4) is 0 Å². The smallest absolute Gasteiger partial charge is 0.170 e. The maximum absolute atomic E-state index is 14.1. The molecule has 1 N–H and O–H groups in total. The Bertz CT molecular complexity index is 533. The van der Waals surface area contributed by atoms with Gasteiger partial charge in [0.2, 0.25) is 0 Å². The molecule has 0 radical (unpaired) electrons. The van der Waals surface area contributed by atoms with E-state index < -0.39 is 11.7 Å². The van der Waals surface area contributed by atoms with E-state index in [2.05, 4.69) is 10.3 Å². The minimum absolute atomic E-state index is 0.0988. The number of allylic oxidation sites excluding steroid dienone is 5. The minimum Gasteiger partial charge on any atom is -0.381 e. The van der Waals surface area contributed by atoms with Gasteiger partial charge in [-0.2, -0.15) is 0 Å². The van der Waals surface area contributed by atoms with Crippen LogP contribution in [0, 0.1) is 5.92 Å². The molecule has 0 aromatic rings. The number of nitrogens with zero attached hydrogens (tertiary/aromatic N) is 1. The van der Waals surface area contributed by atoms with Crippen LogP contribution in [-0.4, -0.2) is 17.0 Å². The molecular weight excluding hydrogens is 243 g/mol. The summed E-state index contributed by atoms with van der Waals surface area (Å²) < 4.78 is 14.1. The van der Waals surface area contributed by atoms with Gasteiger partial charge in [0.05, 0.1) is 11.6 Å². The Labute approximate surface area is 113 Å². The van der Waals surface area contributed by atoms with Gasteiger partial charge >= 0.3 is 0 Å². The van der Waals surface area contributed by atoms with Gasteiger partial charge in [-0.1, -0.05) is 6.92 Å². The van der Waals surface area contributed by atoms with Crippen molar-refractivity contribution in [1.82, 2.24) is 5.32 Å². The lowest BCUT2D eigenvalue weighted by Crippen LogP contribution is -2.37. The number of carbonyl (C=O) groups is 1. The van der Waals surface area contributed by atoms with Crippen molar-refractivity contribution in [2.24, 2.45) is 10.9 Å². The third kappa shape index (κ3) is 3.00. The van der Waals surface area contributed by atoms with E-state index in [1.165, 1.54) is 12.2 Å². The molecule has 1 aliphatic carbocycles. The first-order valence-electron chi connectivity index (χ1n) is 6.51. The summed E-state index contributed by atoms with van der Waals surface area (Å²) >= 11 is 0. The van der Waals surface area contributed by atoms with Crippen molar-refractivity contribution >= 4 is 11.5 Å². The summed E-state index contributed by atoms with van der Waals surface area (Å²) in [4.78, 5) is 16.3. The first-order valence-corrected chi connectivity index (χ1v) is 6.51. The lowest BCUT2D eigenvalue weighted by Gasteiger charge is -2.27. The van der Waals surface area contributed by atoms with Gasteiger partial charge < -0.3 is 5.32 Å². The Morgan fingerprint density at radius 2 is 2.05 bits per heavy atom. The van der Waals surface area contributed by atoms with Crippen molar-refractivity contribution in [3.63, 3.8) is 0 Å². The lowest BCUT2D eigenvalue weighted by molar-refractivity contribution is -0.115. The predicted octanol–water partition coefficient (Wildman–Crippen LogP) is 3.06. The molecular formula is C15H19FN2O. The quantitative estimate of drug-likeness (QED) is 0.831. The van der Waals surface area contributed by atoms with Crippen LogP contribution < -0.4 is 5.32 Å². The van der Waals surface area contributed by atoms with Crippen molar-refractivity contribution in [1.29, 1.82) is 0 Å². The van der Waals surface area contributed by atoms with Crippen molar-refractivity contribution in [2.45, 2.75) is 39.7 Å². The normalized spacial score (nSPS) is 23.0. The number of fused-ring (bicyclic) bond motifs is 1. The Hall–Kier alpha value is -1.71. The Balaban J connectivity index is 2.34. The van der Waals surface area contributed by atoms with Gasteiger partial charge in [0, 0.05) is 23.0 Å². The second-order valence-corrected chi connectivity index (χ2v) is 5.86. The van der Waals surface area contributed by atoms with Crippen molar-refractivity contribution in [3.05, 3.63) is 35.4 Å². The Morgan fingerprint density at radius 1 is 1.37 bits per heavy atom. The zero-order chi connectivity index (χ0) is 14.2. The molecule has 0 saturated heterocycles. The molecule has 19 heavy (non-hydrogen) atoms. The molecule has 1 atom stereocenters. The fraction of sp³-hybridized carbons (Fsp3) is 0.467. The van der Waals surface area contributed by atoms with E-state index in [1.54, 1.807) is 6.08 Å². The molecule has 0 aromatic carbocycles. The fourth-order valence-electron chi connectivity index (χ4n) is 2.14. The molecule has 0 aromatic heterocycles. The highest BCUT2D eigenvalue weighted by Gasteiger charge is 2.31. The molecule has 1 heterocycles. The summed E-state index contributed by atoms with van der Waals surface area (Å²) in [5.74, 6) is -1.12. The van der Waals surface area contributed by atoms with Crippen molar-refractivity contribution in [2.75, 3.05) is 0 Å². The van der Waals surface area contributed by atoms with Crippen LogP contribution in [0.5, 0.6) is 0 Å². The van der Waals surface area contributed by atoms with Gasteiger partial charge in [-0.05, 0) is 39.3 Å². The molecule has 3 nitrogen and oxygen atoms in total. The topological polar surface area (TPSA) is 41.5 Å². The minimum atomic E-state index is -0.592.